The number of hydrogen-bond acceptors (Lipinski definition) is 1. The molecule has 0 bridgehead atoms. The van der Waals surface area contributed by atoms with Crippen LogP contribution in [0.5, 0.6) is 0 Å². The Kier molecular flexibility index (Phi) is 3.20. The average Bonchev–Trinajstić information content (AvgIpc) is 2.31. The van der Waals surface area contributed by atoms with Crippen LogP contribution in [0.4, 0.5) is 0 Å². The SMILES string of the molecule is CC(C)(C)NC(C)(C)CC1C=CC=C1. The molecule has 0 heterocycles. The first kappa shape index (κ1) is 11.5. The van der Waals surface area contributed by atoms with Crippen LogP contribution in [0.1, 0.15) is 41.0 Å². The van der Waals surface area contributed by atoms with E-state index < -0.39 is 0 Å². The molecule has 0 saturated heterocycles. The summed E-state index contributed by atoms with van der Waals surface area (Å²) in [5.74, 6) is 0.611. The molecule has 0 aliphatic heterocycles. The van der Waals surface area contributed by atoms with E-state index in [2.05, 4.69) is 64.2 Å². The van der Waals surface area contributed by atoms with E-state index in [0.717, 1.165) is 6.42 Å². The Labute approximate surface area is 88.3 Å². The molecule has 0 aromatic rings. The van der Waals surface area contributed by atoms with E-state index in [1.807, 2.05) is 0 Å². The van der Waals surface area contributed by atoms with Crippen molar-refractivity contribution in [2.75, 3.05) is 0 Å². The van der Waals surface area contributed by atoms with Crippen molar-refractivity contribution in [2.24, 2.45) is 5.92 Å². The van der Waals surface area contributed by atoms with E-state index in [0.29, 0.717) is 5.92 Å². The van der Waals surface area contributed by atoms with Crippen LogP contribution in [0.15, 0.2) is 24.3 Å². The zero-order valence-corrected chi connectivity index (χ0v) is 10.1. The van der Waals surface area contributed by atoms with Gasteiger partial charge in [-0.15, -0.1) is 0 Å². The molecule has 1 nitrogen and oxygen atoms in total. The molecule has 0 amide bonds. The normalized spacial score (nSPS) is 18.1. The molecule has 0 aromatic carbocycles. The fraction of sp³-hybridized carbons (Fsp3) is 0.692. The van der Waals surface area contributed by atoms with Crippen LogP contribution in [0.2, 0.25) is 0 Å². The topological polar surface area (TPSA) is 12.0 Å². The molecule has 80 valence electrons. The van der Waals surface area contributed by atoms with Gasteiger partial charge in [0.05, 0.1) is 0 Å². The summed E-state index contributed by atoms with van der Waals surface area (Å²) in [6, 6.07) is 0. The number of allylic oxidation sites excluding steroid dienone is 4. The molecule has 1 heteroatoms. The summed E-state index contributed by atoms with van der Waals surface area (Å²) in [4.78, 5) is 0. The van der Waals surface area contributed by atoms with Crippen molar-refractivity contribution in [2.45, 2.75) is 52.1 Å². The summed E-state index contributed by atoms with van der Waals surface area (Å²) in [6.07, 6.45) is 9.98. The van der Waals surface area contributed by atoms with E-state index >= 15 is 0 Å². The van der Waals surface area contributed by atoms with Crippen molar-refractivity contribution in [3.8, 4) is 0 Å². The van der Waals surface area contributed by atoms with Crippen LogP contribution < -0.4 is 5.32 Å². The largest absolute Gasteiger partial charge is 0.307 e. The highest BCUT2D eigenvalue weighted by molar-refractivity contribution is 5.18. The number of nitrogens with one attached hydrogen (secondary N) is 1. The predicted molar refractivity (Wildman–Crippen MR) is 63.4 cm³/mol. The lowest BCUT2D eigenvalue weighted by Crippen LogP contribution is -2.50. The molecular formula is C13H23N. The third-order valence-corrected chi connectivity index (χ3v) is 2.29. The minimum atomic E-state index is 0.190. The second kappa shape index (κ2) is 3.90. The maximum Gasteiger partial charge on any atom is 0.0138 e. The van der Waals surface area contributed by atoms with Gasteiger partial charge in [0.15, 0.2) is 0 Å². The number of hydrogen-bond donors (Lipinski definition) is 1. The first-order chi connectivity index (χ1) is 6.29. The van der Waals surface area contributed by atoms with Crippen LogP contribution in [-0.4, -0.2) is 11.1 Å². The third-order valence-electron chi connectivity index (χ3n) is 2.29. The third kappa shape index (κ3) is 4.10. The molecule has 0 aromatic heterocycles. The number of rotatable bonds is 3. The van der Waals surface area contributed by atoms with Crippen LogP contribution >= 0.6 is 0 Å². The van der Waals surface area contributed by atoms with Gasteiger partial charge in [0, 0.05) is 11.1 Å². The second-order valence-electron chi connectivity index (χ2n) is 5.90. The maximum absolute atomic E-state index is 3.65. The fourth-order valence-electron chi connectivity index (χ4n) is 2.27. The van der Waals surface area contributed by atoms with Gasteiger partial charge in [-0.3, -0.25) is 0 Å². The lowest BCUT2D eigenvalue weighted by molar-refractivity contribution is 0.257. The molecule has 0 spiro atoms. The van der Waals surface area contributed by atoms with Gasteiger partial charge in [0.25, 0.3) is 0 Å². The summed E-state index contributed by atoms with van der Waals surface area (Å²) < 4.78 is 0. The van der Waals surface area contributed by atoms with Crippen molar-refractivity contribution in [3.63, 3.8) is 0 Å². The standard InChI is InChI=1S/C13H23N/c1-12(2,3)14-13(4,5)10-11-8-6-7-9-11/h6-9,11,14H,10H2,1-5H3. The van der Waals surface area contributed by atoms with Gasteiger partial charge >= 0.3 is 0 Å². The van der Waals surface area contributed by atoms with Gasteiger partial charge < -0.3 is 5.32 Å². The van der Waals surface area contributed by atoms with Crippen LogP contribution in [0.3, 0.4) is 0 Å². The highest BCUT2D eigenvalue weighted by Gasteiger charge is 2.26. The first-order valence-electron chi connectivity index (χ1n) is 5.43. The predicted octanol–water partition coefficient (Wildman–Crippen LogP) is 3.29. The molecule has 1 N–H and O–H groups in total. The van der Waals surface area contributed by atoms with Crippen molar-refractivity contribution in [1.82, 2.24) is 5.32 Å². The smallest absolute Gasteiger partial charge is 0.0138 e. The summed E-state index contributed by atoms with van der Waals surface area (Å²) >= 11 is 0. The monoisotopic (exact) mass is 193 g/mol. The highest BCUT2D eigenvalue weighted by atomic mass is 15.0. The maximum atomic E-state index is 3.65. The highest BCUT2D eigenvalue weighted by Crippen LogP contribution is 2.23. The molecule has 0 unspecified atom stereocenters. The Balaban J connectivity index is 2.48. The zero-order chi connectivity index (χ0) is 10.8. The molecule has 1 aliphatic rings. The molecule has 0 atom stereocenters. The molecule has 1 aliphatic carbocycles. The minimum absolute atomic E-state index is 0.190. The lowest BCUT2D eigenvalue weighted by atomic mass is 9.89. The van der Waals surface area contributed by atoms with E-state index in [9.17, 15) is 0 Å². The molecular weight excluding hydrogens is 170 g/mol. The van der Waals surface area contributed by atoms with Gasteiger partial charge in [-0.1, -0.05) is 24.3 Å². The first-order valence-corrected chi connectivity index (χ1v) is 5.43. The zero-order valence-electron chi connectivity index (χ0n) is 10.1. The van der Waals surface area contributed by atoms with Crippen molar-refractivity contribution >= 4 is 0 Å². The van der Waals surface area contributed by atoms with Crippen LogP contribution in [-0.2, 0) is 0 Å². The van der Waals surface area contributed by atoms with Gasteiger partial charge in [-0.2, -0.15) is 0 Å². The molecule has 0 saturated carbocycles. The quantitative estimate of drug-likeness (QED) is 0.725. The Morgan fingerprint density at radius 1 is 1.00 bits per heavy atom. The van der Waals surface area contributed by atoms with E-state index in [1.54, 1.807) is 0 Å². The van der Waals surface area contributed by atoms with Gasteiger partial charge in [-0.25, -0.2) is 0 Å². The van der Waals surface area contributed by atoms with Crippen molar-refractivity contribution in [3.05, 3.63) is 24.3 Å². The minimum Gasteiger partial charge on any atom is -0.307 e. The Hall–Kier alpha value is -0.560. The van der Waals surface area contributed by atoms with Gasteiger partial charge in [0.2, 0.25) is 0 Å². The lowest BCUT2D eigenvalue weighted by Gasteiger charge is -2.36. The Morgan fingerprint density at radius 3 is 1.93 bits per heavy atom. The molecule has 0 radical (unpaired) electrons. The van der Waals surface area contributed by atoms with Crippen LogP contribution in [0.25, 0.3) is 0 Å². The molecule has 1 rings (SSSR count). The van der Waals surface area contributed by atoms with E-state index in [4.69, 9.17) is 0 Å². The summed E-state index contributed by atoms with van der Waals surface area (Å²) in [7, 11) is 0. The molecule has 14 heavy (non-hydrogen) atoms. The van der Waals surface area contributed by atoms with Gasteiger partial charge in [-0.05, 0) is 47.0 Å². The average molecular weight is 193 g/mol. The Bertz CT molecular complexity index is 228. The van der Waals surface area contributed by atoms with E-state index in [-0.39, 0.29) is 11.1 Å². The fourth-order valence-corrected chi connectivity index (χ4v) is 2.27. The summed E-state index contributed by atoms with van der Waals surface area (Å²) in [5, 5.41) is 3.65. The molecule has 0 fully saturated rings. The van der Waals surface area contributed by atoms with Crippen molar-refractivity contribution in [1.29, 1.82) is 0 Å². The summed E-state index contributed by atoms with van der Waals surface area (Å²) in [5.41, 5.74) is 0.386. The van der Waals surface area contributed by atoms with Crippen molar-refractivity contribution < 1.29 is 0 Å². The van der Waals surface area contributed by atoms with E-state index in [1.165, 1.54) is 0 Å². The Morgan fingerprint density at radius 2 is 1.50 bits per heavy atom. The van der Waals surface area contributed by atoms with Gasteiger partial charge in [0.1, 0.15) is 0 Å². The second-order valence-corrected chi connectivity index (χ2v) is 5.90. The summed E-state index contributed by atoms with van der Waals surface area (Å²) in [6.45, 7) is 11.2. The van der Waals surface area contributed by atoms with Crippen LogP contribution in [0, 0.1) is 5.92 Å².